The van der Waals surface area contributed by atoms with Crippen LogP contribution in [0.25, 0.3) is 0 Å². The van der Waals surface area contributed by atoms with Crippen LogP contribution in [0, 0.1) is 12.7 Å². The van der Waals surface area contributed by atoms with E-state index in [4.69, 9.17) is 4.74 Å². The summed E-state index contributed by atoms with van der Waals surface area (Å²) in [5.41, 5.74) is 2.93. The zero-order valence-corrected chi connectivity index (χ0v) is 14.0. The van der Waals surface area contributed by atoms with Gasteiger partial charge in [-0.3, -0.25) is 9.89 Å². The molecule has 3 rings (SSSR count). The van der Waals surface area contributed by atoms with Gasteiger partial charge in [-0.25, -0.2) is 4.39 Å². The largest absolute Gasteiger partial charge is 0.380 e. The first-order valence-electron chi connectivity index (χ1n) is 8.17. The van der Waals surface area contributed by atoms with Crippen molar-refractivity contribution in [3.05, 3.63) is 52.6 Å². The Labute approximate surface area is 140 Å². The van der Waals surface area contributed by atoms with Crippen molar-refractivity contribution in [1.82, 2.24) is 15.1 Å². The number of H-pyrrole nitrogens is 1. The minimum Gasteiger partial charge on any atom is -0.380 e. The van der Waals surface area contributed by atoms with Crippen LogP contribution in [0.4, 0.5) is 4.39 Å². The van der Waals surface area contributed by atoms with E-state index in [1.807, 2.05) is 17.9 Å². The Bertz CT molecular complexity index is 729. The zero-order valence-electron chi connectivity index (χ0n) is 14.0. The van der Waals surface area contributed by atoms with Gasteiger partial charge in [0.05, 0.1) is 12.3 Å². The number of benzene rings is 1. The van der Waals surface area contributed by atoms with Crippen LogP contribution in [0.15, 0.2) is 24.3 Å². The predicted molar refractivity (Wildman–Crippen MR) is 88.3 cm³/mol. The lowest BCUT2D eigenvalue weighted by Gasteiger charge is -2.32. The molecule has 1 atom stereocenters. The van der Waals surface area contributed by atoms with Crippen molar-refractivity contribution < 1.29 is 13.9 Å². The molecule has 0 radical (unpaired) electrons. The number of hydrogen-bond acceptors (Lipinski definition) is 3. The molecule has 2 heterocycles. The minimum atomic E-state index is -0.350. The zero-order chi connectivity index (χ0) is 17.1. The summed E-state index contributed by atoms with van der Waals surface area (Å²) in [7, 11) is 1.51. The van der Waals surface area contributed by atoms with Crippen LogP contribution in [-0.4, -0.2) is 41.2 Å². The molecule has 1 saturated heterocycles. The van der Waals surface area contributed by atoms with E-state index in [2.05, 4.69) is 10.2 Å². The van der Waals surface area contributed by atoms with Crippen molar-refractivity contribution in [2.75, 3.05) is 20.2 Å². The summed E-state index contributed by atoms with van der Waals surface area (Å²) in [6.07, 6.45) is 1.96. The number of hydrogen-bond donors (Lipinski definition) is 1. The molecule has 0 saturated carbocycles. The fourth-order valence-corrected chi connectivity index (χ4v) is 3.21. The van der Waals surface area contributed by atoms with E-state index in [0.29, 0.717) is 17.7 Å². The number of likely N-dealkylation sites (tertiary alicyclic amines) is 1. The third-order valence-electron chi connectivity index (χ3n) is 4.45. The first-order chi connectivity index (χ1) is 11.6. The van der Waals surface area contributed by atoms with Crippen molar-refractivity contribution in [2.45, 2.75) is 32.3 Å². The Kier molecular flexibility index (Phi) is 4.94. The second-order valence-electron chi connectivity index (χ2n) is 6.31. The smallest absolute Gasteiger partial charge is 0.253 e. The molecule has 0 aliphatic carbocycles. The SMILES string of the molecule is COCc1cc(C(=O)N2CCC[C@@H](c3cc(C)[nH]n3)C2)ccc1F. The lowest BCUT2D eigenvalue weighted by atomic mass is 9.94. The number of carbonyl (C=O) groups excluding carboxylic acids is 1. The summed E-state index contributed by atoms with van der Waals surface area (Å²) in [4.78, 5) is 14.6. The number of nitrogens with one attached hydrogen (secondary N) is 1. The van der Waals surface area contributed by atoms with Crippen LogP contribution < -0.4 is 0 Å². The van der Waals surface area contributed by atoms with Gasteiger partial charge in [0.2, 0.25) is 0 Å². The maximum atomic E-state index is 13.7. The molecule has 1 aromatic heterocycles. The van der Waals surface area contributed by atoms with Crippen LogP contribution in [0.5, 0.6) is 0 Å². The number of ether oxygens (including phenoxy) is 1. The molecule has 24 heavy (non-hydrogen) atoms. The molecule has 1 amide bonds. The highest BCUT2D eigenvalue weighted by Gasteiger charge is 2.27. The second-order valence-corrected chi connectivity index (χ2v) is 6.31. The van der Waals surface area contributed by atoms with Crippen molar-refractivity contribution >= 4 is 5.91 Å². The van der Waals surface area contributed by atoms with Gasteiger partial charge in [-0.1, -0.05) is 0 Å². The van der Waals surface area contributed by atoms with E-state index in [1.54, 1.807) is 12.1 Å². The van der Waals surface area contributed by atoms with Gasteiger partial charge in [-0.2, -0.15) is 5.10 Å². The molecule has 2 aromatic rings. The Morgan fingerprint density at radius 2 is 2.29 bits per heavy atom. The fraction of sp³-hybridized carbons (Fsp3) is 0.444. The number of nitrogens with zero attached hydrogens (tertiary/aromatic N) is 2. The van der Waals surface area contributed by atoms with Crippen LogP contribution in [0.1, 0.15) is 46.1 Å². The topological polar surface area (TPSA) is 58.2 Å². The molecule has 1 aliphatic heterocycles. The molecule has 0 unspecified atom stereocenters. The summed E-state index contributed by atoms with van der Waals surface area (Å²) in [5, 5.41) is 7.29. The Balaban J connectivity index is 1.76. The summed E-state index contributed by atoms with van der Waals surface area (Å²) < 4.78 is 18.7. The first-order valence-corrected chi connectivity index (χ1v) is 8.17. The first kappa shape index (κ1) is 16.6. The summed E-state index contributed by atoms with van der Waals surface area (Å²) in [6, 6.07) is 6.50. The van der Waals surface area contributed by atoms with Gasteiger partial charge in [-0.15, -0.1) is 0 Å². The number of carbonyl (C=O) groups is 1. The molecule has 0 bridgehead atoms. The fourth-order valence-electron chi connectivity index (χ4n) is 3.21. The van der Waals surface area contributed by atoms with Gasteiger partial charge in [0, 0.05) is 42.9 Å². The predicted octanol–water partition coefficient (Wildman–Crippen LogP) is 3.02. The molecular weight excluding hydrogens is 309 g/mol. The molecular formula is C18H22FN3O2. The number of rotatable bonds is 4. The Hall–Kier alpha value is -2.21. The number of methoxy groups -OCH3 is 1. The number of halogens is 1. The number of piperidine rings is 1. The van der Waals surface area contributed by atoms with Crippen molar-refractivity contribution in [2.24, 2.45) is 0 Å². The van der Waals surface area contributed by atoms with Gasteiger partial charge < -0.3 is 9.64 Å². The van der Waals surface area contributed by atoms with E-state index >= 15 is 0 Å². The highest BCUT2D eigenvalue weighted by atomic mass is 19.1. The van der Waals surface area contributed by atoms with Gasteiger partial charge in [0.1, 0.15) is 5.82 Å². The number of aromatic nitrogens is 2. The standard InChI is InChI=1S/C18H22FN3O2/c1-12-8-17(21-20-12)14-4-3-7-22(10-14)18(23)13-5-6-16(19)15(9-13)11-24-2/h5-6,8-9,14H,3-4,7,10-11H2,1-2H3,(H,20,21)/t14-/m1/s1. The Morgan fingerprint density at radius 3 is 3.00 bits per heavy atom. The minimum absolute atomic E-state index is 0.0655. The average Bonchev–Trinajstić information content (AvgIpc) is 3.03. The maximum absolute atomic E-state index is 13.7. The normalized spacial score (nSPS) is 18.0. The maximum Gasteiger partial charge on any atom is 0.253 e. The second kappa shape index (κ2) is 7.13. The van der Waals surface area contributed by atoms with Gasteiger partial charge in [0.25, 0.3) is 5.91 Å². The number of aryl methyl sites for hydroxylation is 1. The third-order valence-corrected chi connectivity index (χ3v) is 4.45. The highest BCUT2D eigenvalue weighted by Crippen LogP contribution is 2.27. The van der Waals surface area contributed by atoms with E-state index in [1.165, 1.54) is 13.2 Å². The van der Waals surface area contributed by atoms with Gasteiger partial charge in [0.15, 0.2) is 0 Å². The highest BCUT2D eigenvalue weighted by molar-refractivity contribution is 5.94. The van der Waals surface area contributed by atoms with Gasteiger partial charge >= 0.3 is 0 Å². The summed E-state index contributed by atoms with van der Waals surface area (Å²) >= 11 is 0. The van der Waals surface area contributed by atoms with Crippen molar-refractivity contribution in [3.8, 4) is 0 Å². The molecule has 1 N–H and O–H groups in total. The van der Waals surface area contributed by atoms with Crippen LogP contribution in [0.2, 0.25) is 0 Å². The monoisotopic (exact) mass is 331 g/mol. The molecule has 128 valence electrons. The molecule has 1 fully saturated rings. The number of amides is 1. The van der Waals surface area contributed by atoms with Crippen molar-refractivity contribution in [3.63, 3.8) is 0 Å². The number of aromatic amines is 1. The molecule has 0 spiro atoms. The Morgan fingerprint density at radius 1 is 1.46 bits per heavy atom. The quantitative estimate of drug-likeness (QED) is 0.937. The van der Waals surface area contributed by atoms with E-state index < -0.39 is 0 Å². The molecule has 6 heteroatoms. The van der Waals surface area contributed by atoms with Crippen LogP contribution in [0.3, 0.4) is 0 Å². The van der Waals surface area contributed by atoms with Crippen molar-refractivity contribution in [1.29, 1.82) is 0 Å². The third kappa shape index (κ3) is 3.48. The lowest BCUT2D eigenvalue weighted by Crippen LogP contribution is -2.39. The summed E-state index contributed by atoms with van der Waals surface area (Å²) in [5.74, 6) is -0.173. The average molecular weight is 331 g/mol. The molecule has 5 nitrogen and oxygen atoms in total. The summed E-state index contributed by atoms with van der Waals surface area (Å²) in [6.45, 7) is 3.48. The van der Waals surface area contributed by atoms with Crippen LogP contribution in [-0.2, 0) is 11.3 Å². The van der Waals surface area contributed by atoms with Crippen LogP contribution >= 0.6 is 0 Å². The lowest BCUT2D eigenvalue weighted by molar-refractivity contribution is 0.0705. The van der Waals surface area contributed by atoms with E-state index in [-0.39, 0.29) is 24.2 Å². The van der Waals surface area contributed by atoms with E-state index in [9.17, 15) is 9.18 Å². The van der Waals surface area contributed by atoms with Gasteiger partial charge in [-0.05, 0) is 44.0 Å². The molecule has 1 aliphatic rings. The van der Waals surface area contributed by atoms with E-state index in [0.717, 1.165) is 30.8 Å². The molecule has 1 aromatic carbocycles.